The number of amides is 1. The number of nitrogens with zero attached hydrogens (tertiary/aromatic N) is 7. The lowest BCUT2D eigenvalue weighted by atomic mass is 10.1. The summed E-state index contributed by atoms with van der Waals surface area (Å²) in [5.74, 6) is -1.67. The number of hydrogen-bond acceptors (Lipinski definition) is 6. The molecule has 8 nitrogen and oxygen atoms in total. The van der Waals surface area contributed by atoms with Crippen LogP contribution in [0.25, 0.3) is 11.2 Å². The van der Waals surface area contributed by atoms with Gasteiger partial charge in [-0.3, -0.25) is 4.79 Å². The van der Waals surface area contributed by atoms with Gasteiger partial charge in [0.05, 0.1) is 6.54 Å². The summed E-state index contributed by atoms with van der Waals surface area (Å²) in [5.41, 5.74) is 2.46. The zero-order valence-electron chi connectivity index (χ0n) is 17.0. The van der Waals surface area contributed by atoms with Crippen molar-refractivity contribution in [3.05, 3.63) is 77.6 Å². The second-order valence-electron chi connectivity index (χ2n) is 7.51. The molecule has 162 valence electrons. The van der Waals surface area contributed by atoms with E-state index in [0.717, 1.165) is 17.7 Å². The van der Waals surface area contributed by atoms with Gasteiger partial charge >= 0.3 is 0 Å². The summed E-state index contributed by atoms with van der Waals surface area (Å²) in [7, 11) is 0. The summed E-state index contributed by atoms with van der Waals surface area (Å²) in [6, 6.07) is 13.1. The molecule has 0 saturated carbocycles. The van der Waals surface area contributed by atoms with E-state index in [1.165, 1.54) is 12.4 Å². The predicted octanol–water partition coefficient (Wildman–Crippen LogP) is 2.51. The van der Waals surface area contributed by atoms with Crippen LogP contribution in [0.5, 0.6) is 0 Å². The minimum Gasteiger partial charge on any atom is -0.351 e. The number of piperazine rings is 1. The summed E-state index contributed by atoms with van der Waals surface area (Å²) < 4.78 is 28.4. The number of aromatic nitrogens is 5. The number of fused-ring (bicyclic) bond motifs is 1. The molecule has 0 unspecified atom stereocenters. The number of halogens is 2. The normalized spacial score (nSPS) is 14.2. The van der Waals surface area contributed by atoms with Crippen LogP contribution in [0.4, 0.5) is 14.6 Å². The molecule has 1 fully saturated rings. The minimum absolute atomic E-state index is 0.130. The molecule has 3 heterocycles. The lowest BCUT2D eigenvalue weighted by Crippen LogP contribution is -2.49. The Morgan fingerprint density at radius 3 is 2.47 bits per heavy atom. The Morgan fingerprint density at radius 2 is 1.72 bits per heavy atom. The number of anilines is 1. The van der Waals surface area contributed by atoms with E-state index in [-0.39, 0.29) is 11.5 Å². The summed E-state index contributed by atoms with van der Waals surface area (Å²) >= 11 is 0. The monoisotopic (exact) mass is 435 g/mol. The zero-order valence-corrected chi connectivity index (χ0v) is 17.0. The minimum atomic E-state index is -1.03. The second kappa shape index (κ2) is 8.29. The molecule has 0 N–H and O–H groups in total. The van der Waals surface area contributed by atoms with Gasteiger partial charge in [0.2, 0.25) is 0 Å². The van der Waals surface area contributed by atoms with Crippen molar-refractivity contribution in [2.75, 3.05) is 31.1 Å². The van der Waals surface area contributed by atoms with Crippen molar-refractivity contribution in [2.24, 2.45) is 0 Å². The summed E-state index contributed by atoms with van der Waals surface area (Å²) in [5, 5.41) is 8.55. The van der Waals surface area contributed by atoms with Gasteiger partial charge in [-0.25, -0.2) is 23.4 Å². The van der Waals surface area contributed by atoms with Crippen molar-refractivity contribution in [2.45, 2.75) is 6.54 Å². The Hall–Kier alpha value is -3.95. The molecular weight excluding hydrogens is 416 g/mol. The first-order valence-corrected chi connectivity index (χ1v) is 10.2. The average Bonchev–Trinajstić information content (AvgIpc) is 3.24. The van der Waals surface area contributed by atoms with Gasteiger partial charge in [-0.2, -0.15) is 0 Å². The van der Waals surface area contributed by atoms with Crippen LogP contribution < -0.4 is 4.90 Å². The number of carbonyl (C=O) groups is 1. The average molecular weight is 435 g/mol. The Bertz CT molecular complexity index is 1270. The maximum atomic E-state index is 13.5. The van der Waals surface area contributed by atoms with E-state index in [9.17, 15) is 13.6 Å². The van der Waals surface area contributed by atoms with Crippen LogP contribution >= 0.6 is 0 Å². The smallest absolute Gasteiger partial charge is 0.254 e. The summed E-state index contributed by atoms with van der Waals surface area (Å²) in [6.45, 7) is 2.42. The fourth-order valence-electron chi connectivity index (χ4n) is 3.81. The van der Waals surface area contributed by atoms with Crippen LogP contribution in [-0.2, 0) is 6.54 Å². The van der Waals surface area contributed by atoms with E-state index in [1.54, 1.807) is 9.58 Å². The van der Waals surface area contributed by atoms with Crippen molar-refractivity contribution >= 4 is 22.9 Å². The molecule has 0 bridgehead atoms. The molecule has 1 aliphatic rings. The largest absolute Gasteiger partial charge is 0.351 e. The maximum absolute atomic E-state index is 13.5. The molecule has 1 aliphatic heterocycles. The van der Waals surface area contributed by atoms with Crippen LogP contribution in [0.1, 0.15) is 15.9 Å². The van der Waals surface area contributed by atoms with E-state index in [0.29, 0.717) is 49.7 Å². The van der Waals surface area contributed by atoms with E-state index >= 15 is 0 Å². The highest BCUT2D eigenvalue weighted by molar-refractivity contribution is 5.94. The molecule has 1 saturated heterocycles. The number of benzene rings is 2. The highest BCUT2D eigenvalue weighted by Crippen LogP contribution is 2.23. The van der Waals surface area contributed by atoms with Gasteiger partial charge < -0.3 is 9.80 Å². The Kier molecular flexibility index (Phi) is 5.18. The molecular formula is C22H19F2N7O. The lowest BCUT2D eigenvalue weighted by Gasteiger charge is -2.35. The highest BCUT2D eigenvalue weighted by atomic mass is 19.2. The van der Waals surface area contributed by atoms with E-state index in [2.05, 4.69) is 20.3 Å². The van der Waals surface area contributed by atoms with E-state index in [4.69, 9.17) is 0 Å². The topological polar surface area (TPSA) is 80.0 Å². The van der Waals surface area contributed by atoms with Crippen LogP contribution in [-0.4, -0.2) is 61.9 Å². The van der Waals surface area contributed by atoms with Gasteiger partial charge in [0.15, 0.2) is 28.6 Å². The third-order valence-electron chi connectivity index (χ3n) is 5.49. The SMILES string of the molecule is O=C(c1ccc(F)c(F)c1)N1CCN(c2ncnc3c2nnn3Cc2ccccc2)CC1. The molecule has 32 heavy (non-hydrogen) atoms. The zero-order chi connectivity index (χ0) is 22.1. The molecule has 5 rings (SSSR count). The molecule has 1 amide bonds. The molecule has 10 heteroatoms. The van der Waals surface area contributed by atoms with Crippen LogP contribution in [0.3, 0.4) is 0 Å². The molecule has 4 aromatic rings. The molecule has 0 spiro atoms. The first-order chi connectivity index (χ1) is 15.6. The Balaban J connectivity index is 1.32. The maximum Gasteiger partial charge on any atom is 0.254 e. The first-order valence-electron chi connectivity index (χ1n) is 10.2. The van der Waals surface area contributed by atoms with Crippen molar-refractivity contribution in [1.82, 2.24) is 29.9 Å². The van der Waals surface area contributed by atoms with Crippen molar-refractivity contribution in [3.8, 4) is 0 Å². The van der Waals surface area contributed by atoms with Gasteiger partial charge in [-0.1, -0.05) is 35.5 Å². The third-order valence-corrected chi connectivity index (χ3v) is 5.49. The third kappa shape index (κ3) is 3.75. The molecule has 0 atom stereocenters. The molecule has 0 radical (unpaired) electrons. The lowest BCUT2D eigenvalue weighted by molar-refractivity contribution is 0.0746. The van der Waals surface area contributed by atoms with Gasteiger partial charge in [-0.05, 0) is 23.8 Å². The van der Waals surface area contributed by atoms with Gasteiger partial charge in [-0.15, -0.1) is 5.10 Å². The van der Waals surface area contributed by atoms with Crippen molar-refractivity contribution in [3.63, 3.8) is 0 Å². The van der Waals surface area contributed by atoms with Gasteiger partial charge in [0, 0.05) is 31.7 Å². The number of hydrogen-bond donors (Lipinski definition) is 0. The quantitative estimate of drug-likeness (QED) is 0.490. The van der Waals surface area contributed by atoms with Crippen molar-refractivity contribution < 1.29 is 13.6 Å². The molecule has 2 aromatic carbocycles. The van der Waals surface area contributed by atoms with Crippen LogP contribution in [0, 0.1) is 11.6 Å². The Labute approximate surface area is 182 Å². The van der Waals surface area contributed by atoms with Crippen molar-refractivity contribution in [1.29, 1.82) is 0 Å². The molecule has 0 aliphatic carbocycles. The fraction of sp³-hybridized carbons (Fsp3) is 0.227. The fourth-order valence-corrected chi connectivity index (χ4v) is 3.81. The van der Waals surface area contributed by atoms with Gasteiger partial charge in [0.25, 0.3) is 5.91 Å². The Morgan fingerprint density at radius 1 is 0.938 bits per heavy atom. The summed E-state index contributed by atoms with van der Waals surface area (Å²) in [6.07, 6.45) is 1.49. The van der Waals surface area contributed by atoms with Crippen LogP contribution in [0.2, 0.25) is 0 Å². The van der Waals surface area contributed by atoms with Gasteiger partial charge in [0.1, 0.15) is 6.33 Å². The number of carbonyl (C=O) groups excluding carboxylic acids is 1. The van der Waals surface area contributed by atoms with Crippen LogP contribution in [0.15, 0.2) is 54.9 Å². The molecule has 2 aromatic heterocycles. The first kappa shape index (κ1) is 20.0. The second-order valence-corrected chi connectivity index (χ2v) is 7.51. The number of rotatable bonds is 4. The van der Waals surface area contributed by atoms with E-state index in [1.807, 2.05) is 35.2 Å². The standard InChI is InChI=1S/C22H19F2N7O/c23-17-7-6-16(12-18(17)24)22(32)30-10-8-29(9-11-30)20-19-21(26-14-25-20)31(28-27-19)13-15-4-2-1-3-5-15/h1-7,12,14H,8-11,13H2. The highest BCUT2D eigenvalue weighted by Gasteiger charge is 2.26. The van der Waals surface area contributed by atoms with E-state index < -0.39 is 11.6 Å². The summed E-state index contributed by atoms with van der Waals surface area (Å²) in [4.78, 5) is 25.1. The predicted molar refractivity (Wildman–Crippen MR) is 113 cm³/mol.